The molecule has 0 saturated carbocycles. The highest BCUT2D eigenvalue weighted by Gasteiger charge is 2.35. The number of carbonyl (C=O) groups is 1. The molecule has 1 aliphatic heterocycles. The summed E-state index contributed by atoms with van der Waals surface area (Å²) in [6.45, 7) is -1.66. The molecular formula is C17H16F4N4O2. The van der Waals surface area contributed by atoms with Gasteiger partial charge in [0.2, 0.25) is 5.91 Å². The van der Waals surface area contributed by atoms with Crippen LogP contribution < -0.4 is 16.2 Å². The molecule has 4 N–H and O–H groups in total. The fourth-order valence-corrected chi connectivity index (χ4v) is 3.02. The van der Waals surface area contributed by atoms with Crippen molar-refractivity contribution in [2.75, 3.05) is 13.2 Å². The molecule has 3 rings (SSSR count). The molecule has 1 amide bonds. The number of nitrogens with two attached hydrogens (primary N) is 2. The van der Waals surface area contributed by atoms with Crippen LogP contribution in [0.2, 0.25) is 0 Å². The second kappa shape index (κ2) is 6.93. The van der Waals surface area contributed by atoms with Crippen LogP contribution in [0.15, 0.2) is 41.0 Å². The molecule has 1 aliphatic carbocycles. The zero-order chi connectivity index (χ0) is 19.8. The number of amides is 1. The second-order valence-electron chi connectivity index (χ2n) is 6.13. The van der Waals surface area contributed by atoms with E-state index in [9.17, 15) is 22.4 Å². The first-order valence-corrected chi connectivity index (χ1v) is 7.93. The van der Waals surface area contributed by atoms with E-state index < -0.39 is 30.5 Å². The molecule has 1 heterocycles. The molecule has 0 saturated heterocycles. The predicted octanol–water partition coefficient (Wildman–Crippen LogP) is 1.92. The van der Waals surface area contributed by atoms with Crippen LogP contribution in [-0.4, -0.2) is 42.1 Å². The third-order valence-corrected chi connectivity index (χ3v) is 4.12. The summed E-state index contributed by atoms with van der Waals surface area (Å²) in [5, 5.41) is 5.49. The van der Waals surface area contributed by atoms with Gasteiger partial charge in [0.1, 0.15) is 23.9 Å². The van der Waals surface area contributed by atoms with Crippen molar-refractivity contribution in [2.45, 2.75) is 18.6 Å². The van der Waals surface area contributed by atoms with Gasteiger partial charge in [-0.25, -0.2) is 4.39 Å². The molecule has 1 unspecified atom stereocenters. The Morgan fingerprint density at radius 3 is 2.74 bits per heavy atom. The summed E-state index contributed by atoms with van der Waals surface area (Å²) in [4.78, 5) is 11.2. The van der Waals surface area contributed by atoms with Gasteiger partial charge in [-0.1, -0.05) is 12.2 Å². The Kier molecular flexibility index (Phi) is 4.81. The van der Waals surface area contributed by atoms with E-state index >= 15 is 0 Å². The van der Waals surface area contributed by atoms with E-state index in [0.29, 0.717) is 11.1 Å². The first-order valence-electron chi connectivity index (χ1n) is 7.93. The van der Waals surface area contributed by atoms with Crippen LogP contribution in [0, 0.1) is 5.82 Å². The summed E-state index contributed by atoms with van der Waals surface area (Å²) in [6, 6.07) is 2.86. The van der Waals surface area contributed by atoms with Crippen molar-refractivity contribution < 1.29 is 27.1 Å². The van der Waals surface area contributed by atoms with Crippen molar-refractivity contribution >= 4 is 17.3 Å². The first-order chi connectivity index (χ1) is 12.6. The molecule has 1 atom stereocenters. The fraction of sp³-hybridized carbons (Fsp3) is 0.294. The van der Waals surface area contributed by atoms with E-state index in [2.05, 4.69) is 5.10 Å². The lowest BCUT2D eigenvalue weighted by Gasteiger charge is -2.27. The Morgan fingerprint density at radius 2 is 2.07 bits per heavy atom. The Hall–Kier alpha value is -3.04. The van der Waals surface area contributed by atoms with Crippen LogP contribution in [0.3, 0.4) is 0 Å². The zero-order valence-electron chi connectivity index (χ0n) is 14.0. The van der Waals surface area contributed by atoms with Crippen molar-refractivity contribution in [1.82, 2.24) is 5.01 Å². The molecule has 0 radical (unpaired) electrons. The monoisotopic (exact) mass is 384 g/mol. The van der Waals surface area contributed by atoms with E-state index in [0.717, 1.165) is 18.2 Å². The number of halogens is 4. The average Bonchev–Trinajstić information content (AvgIpc) is 2.87. The van der Waals surface area contributed by atoms with Crippen LogP contribution in [0.1, 0.15) is 12.0 Å². The number of nitrogens with zero attached hydrogens (tertiary/aromatic N) is 2. The number of benzene rings is 1. The van der Waals surface area contributed by atoms with E-state index in [1.165, 1.54) is 5.01 Å². The molecule has 0 bridgehead atoms. The Morgan fingerprint density at radius 1 is 1.33 bits per heavy atom. The van der Waals surface area contributed by atoms with Gasteiger partial charge in [-0.3, -0.25) is 9.80 Å². The molecule has 1 aromatic rings. The lowest BCUT2D eigenvalue weighted by atomic mass is 9.88. The average molecular weight is 384 g/mol. The van der Waals surface area contributed by atoms with Gasteiger partial charge in [0.25, 0.3) is 0 Å². The van der Waals surface area contributed by atoms with Gasteiger partial charge in [0.15, 0.2) is 6.61 Å². The maximum atomic E-state index is 13.7. The number of allylic oxidation sites excluding steroid dienone is 2. The Bertz CT molecular complexity index is 861. The first kappa shape index (κ1) is 18.7. The van der Waals surface area contributed by atoms with Gasteiger partial charge >= 0.3 is 6.18 Å². The number of carbonyl (C=O) groups excluding carboxylic acids is 1. The smallest absolute Gasteiger partial charge is 0.422 e. The van der Waals surface area contributed by atoms with Crippen molar-refractivity contribution in [3.05, 3.63) is 47.3 Å². The van der Waals surface area contributed by atoms with Crippen LogP contribution in [0.25, 0.3) is 5.57 Å². The van der Waals surface area contributed by atoms with Crippen molar-refractivity contribution in [3.63, 3.8) is 0 Å². The molecule has 27 heavy (non-hydrogen) atoms. The topological polar surface area (TPSA) is 93.9 Å². The molecule has 6 nitrogen and oxygen atoms in total. The van der Waals surface area contributed by atoms with E-state index in [-0.39, 0.29) is 30.1 Å². The standard InChI is InChI=1S/C17H16F4N4O2/c18-10-2-4-14(27-8-17(19,20)21)12(6-10)9-1-3-11-13(5-9)25(7-15(22)26)24-16(11)23/h1-4,6,13H,5,7-8H2,(H2,22,26)(H2,23,24). The van der Waals surface area contributed by atoms with E-state index in [1.807, 2.05) is 0 Å². The number of rotatable bonds is 5. The quantitative estimate of drug-likeness (QED) is 0.759. The van der Waals surface area contributed by atoms with Gasteiger partial charge < -0.3 is 16.2 Å². The number of ether oxygens (including phenoxy) is 1. The summed E-state index contributed by atoms with van der Waals surface area (Å²) < 4.78 is 56.0. The number of hydrogen-bond acceptors (Lipinski definition) is 5. The fourth-order valence-electron chi connectivity index (χ4n) is 3.02. The molecule has 1 aromatic carbocycles. The molecule has 2 aliphatic rings. The Labute approximate surface area is 151 Å². The predicted molar refractivity (Wildman–Crippen MR) is 89.9 cm³/mol. The maximum Gasteiger partial charge on any atom is 0.422 e. The highest BCUT2D eigenvalue weighted by molar-refractivity contribution is 6.01. The molecule has 10 heteroatoms. The third kappa shape index (κ3) is 4.21. The molecular weight excluding hydrogens is 368 g/mol. The van der Waals surface area contributed by atoms with Crippen LogP contribution in [0.4, 0.5) is 17.6 Å². The number of amidine groups is 1. The number of alkyl halides is 3. The van der Waals surface area contributed by atoms with Crippen LogP contribution >= 0.6 is 0 Å². The summed E-state index contributed by atoms with van der Waals surface area (Å²) >= 11 is 0. The van der Waals surface area contributed by atoms with Crippen LogP contribution in [-0.2, 0) is 4.79 Å². The normalized spacial score (nSPS) is 19.2. The Balaban J connectivity index is 1.90. The van der Waals surface area contributed by atoms with Crippen LogP contribution in [0.5, 0.6) is 5.75 Å². The van der Waals surface area contributed by atoms with Gasteiger partial charge in [-0.05, 0) is 30.2 Å². The van der Waals surface area contributed by atoms with Crippen molar-refractivity contribution in [1.29, 1.82) is 0 Å². The minimum atomic E-state index is -4.52. The van der Waals surface area contributed by atoms with E-state index in [4.69, 9.17) is 16.2 Å². The number of hydrazone groups is 1. The summed E-state index contributed by atoms with van der Waals surface area (Å²) in [5.74, 6) is -1.09. The lowest BCUT2D eigenvalue weighted by molar-refractivity contribution is -0.153. The van der Waals surface area contributed by atoms with Gasteiger partial charge in [-0.2, -0.15) is 18.3 Å². The minimum absolute atomic E-state index is 0.0924. The molecule has 0 fully saturated rings. The second-order valence-corrected chi connectivity index (χ2v) is 6.13. The van der Waals surface area contributed by atoms with Gasteiger partial charge in [-0.15, -0.1) is 0 Å². The summed E-state index contributed by atoms with van der Waals surface area (Å²) in [5.41, 5.74) is 12.4. The SMILES string of the molecule is NC(=O)CN1N=C(N)C2=CC=C(c3cc(F)ccc3OCC(F)(F)F)CC21. The van der Waals surface area contributed by atoms with Gasteiger partial charge in [0.05, 0.1) is 6.04 Å². The highest BCUT2D eigenvalue weighted by atomic mass is 19.4. The van der Waals surface area contributed by atoms with Crippen molar-refractivity contribution in [2.24, 2.45) is 16.6 Å². The minimum Gasteiger partial charge on any atom is -0.483 e. The lowest BCUT2D eigenvalue weighted by Crippen LogP contribution is -2.36. The number of primary amides is 1. The molecule has 0 aromatic heterocycles. The molecule has 0 spiro atoms. The highest BCUT2D eigenvalue weighted by Crippen LogP contribution is 2.37. The van der Waals surface area contributed by atoms with Gasteiger partial charge in [0, 0.05) is 11.1 Å². The largest absolute Gasteiger partial charge is 0.483 e. The van der Waals surface area contributed by atoms with Crippen molar-refractivity contribution in [3.8, 4) is 5.75 Å². The molecule has 144 valence electrons. The number of hydrogen-bond donors (Lipinski definition) is 2. The zero-order valence-corrected chi connectivity index (χ0v) is 14.0. The maximum absolute atomic E-state index is 13.7. The van der Waals surface area contributed by atoms with E-state index in [1.54, 1.807) is 12.2 Å². The summed E-state index contributed by atoms with van der Waals surface area (Å²) in [7, 11) is 0. The number of fused-ring (bicyclic) bond motifs is 1. The third-order valence-electron chi connectivity index (χ3n) is 4.12. The summed E-state index contributed by atoms with van der Waals surface area (Å²) in [6.07, 6.45) is -1.01.